The minimum atomic E-state index is -0.695. The molecule has 0 atom stereocenters. The summed E-state index contributed by atoms with van der Waals surface area (Å²) in [6.45, 7) is 3.34. The lowest BCUT2D eigenvalue weighted by atomic mass is 10.1. The molecular weight excluding hydrogens is 230 g/mol. The summed E-state index contributed by atoms with van der Waals surface area (Å²) in [6, 6.07) is 5.38. The van der Waals surface area contributed by atoms with Gasteiger partial charge in [0.25, 0.3) is 0 Å². The molecule has 0 radical (unpaired) electrons. The Kier molecular flexibility index (Phi) is 3.09. The highest BCUT2D eigenvalue weighted by Crippen LogP contribution is 2.33. The zero-order chi connectivity index (χ0) is 13.3. The van der Waals surface area contributed by atoms with E-state index in [0.717, 1.165) is 18.4 Å². The van der Waals surface area contributed by atoms with Crippen LogP contribution in [0.5, 0.6) is 0 Å². The normalized spacial score (nSPS) is 15.9. The van der Waals surface area contributed by atoms with Crippen LogP contribution >= 0.6 is 0 Å². The maximum absolute atomic E-state index is 11.8. The third-order valence-corrected chi connectivity index (χ3v) is 3.05. The average molecular weight is 247 g/mol. The number of nitrogens with two attached hydrogens (primary N) is 1. The smallest absolute Gasteiger partial charge is 0.244 e. The van der Waals surface area contributed by atoms with Crippen molar-refractivity contribution in [2.45, 2.75) is 32.2 Å². The molecule has 4 N–H and O–H groups in total. The summed E-state index contributed by atoms with van der Waals surface area (Å²) in [5.74, 6) is -0.306. The Hall–Kier alpha value is -1.88. The maximum atomic E-state index is 11.8. The minimum absolute atomic E-state index is 0.140. The second kappa shape index (κ2) is 4.42. The molecule has 0 saturated heterocycles. The molecule has 1 aliphatic carbocycles. The van der Waals surface area contributed by atoms with Crippen LogP contribution in [0.1, 0.15) is 25.3 Å². The van der Waals surface area contributed by atoms with E-state index in [-0.39, 0.29) is 11.8 Å². The molecule has 1 fully saturated rings. The van der Waals surface area contributed by atoms with E-state index in [1.54, 1.807) is 12.1 Å². The van der Waals surface area contributed by atoms with Crippen LogP contribution in [0.3, 0.4) is 0 Å². The topological polar surface area (TPSA) is 84.2 Å². The molecule has 5 heteroatoms. The van der Waals surface area contributed by atoms with Crippen molar-refractivity contribution in [1.82, 2.24) is 0 Å². The molecule has 0 unspecified atom stereocenters. The lowest BCUT2D eigenvalue weighted by molar-refractivity contribution is -0.118. The number of hydrogen-bond donors (Lipinski definition) is 3. The van der Waals surface area contributed by atoms with Crippen LogP contribution in [0, 0.1) is 6.92 Å². The first kappa shape index (κ1) is 12.6. The van der Waals surface area contributed by atoms with E-state index in [4.69, 9.17) is 5.73 Å². The fourth-order valence-corrected chi connectivity index (χ4v) is 1.64. The number of anilines is 2. The molecule has 1 aromatic carbocycles. The van der Waals surface area contributed by atoms with Gasteiger partial charge in [-0.3, -0.25) is 9.59 Å². The highest BCUT2D eigenvalue weighted by molar-refractivity contribution is 6.00. The zero-order valence-electron chi connectivity index (χ0n) is 10.5. The first-order valence-electron chi connectivity index (χ1n) is 5.89. The van der Waals surface area contributed by atoms with Gasteiger partial charge in [0, 0.05) is 18.3 Å². The van der Waals surface area contributed by atoms with Crippen LogP contribution in [-0.2, 0) is 9.59 Å². The molecule has 0 aromatic heterocycles. The van der Waals surface area contributed by atoms with Gasteiger partial charge in [0.05, 0.1) is 5.54 Å². The van der Waals surface area contributed by atoms with Crippen molar-refractivity contribution >= 4 is 23.2 Å². The van der Waals surface area contributed by atoms with E-state index >= 15 is 0 Å². The van der Waals surface area contributed by atoms with Gasteiger partial charge in [-0.2, -0.15) is 0 Å². The second-order valence-electron chi connectivity index (χ2n) is 4.82. The molecule has 2 amide bonds. The Balaban J connectivity index is 2.14. The molecule has 18 heavy (non-hydrogen) atoms. The van der Waals surface area contributed by atoms with Crippen molar-refractivity contribution in [3.8, 4) is 0 Å². The fraction of sp³-hybridized carbons (Fsp3) is 0.385. The lowest BCUT2D eigenvalue weighted by Gasteiger charge is -2.13. The van der Waals surface area contributed by atoms with Crippen molar-refractivity contribution in [1.29, 1.82) is 0 Å². The number of rotatable bonds is 3. The van der Waals surface area contributed by atoms with Crippen LogP contribution in [0.4, 0.5) is 11.4 Å². The van der Waals surface area contributed by atoms with Crippen LogP contribution in [0.2, 0.25) is 0 Å². The molecule has 0 spiro atoms. The van der Waals surface area contributed by atoms with Gasteiger partial charge in [0.1, 0.15) is 0 Å². The van der Waals surface area contributed by atoms with Crippen molar-refractivity contribution in [2.75, 3.05) is 10.6 Å². The standard InChI is InChI=1S/C13H17N3O2/c1-8-3-4-10(7-11(8)15-9(2)17)16-12(18)13(14)5-6-13/h3-4,7H,5-6,14H2,1-2H3,(H,15,17)(H,16,18). The first-order valence-corrected chi connectivity index (χ1v) is 5.89. The zero-order valence-corrected chi connectivity index (χ0v) is 10.5. The van der Waals surface area contributed by atoms with Gasteiger partial charge >= 0.3 is 0 Å². The number of amides is 2. The monoisotopic (exact) mass is 247 g/mol. The number of carbonyl (C=O) groups is 2. The average Bonchev–Trinajstić information content (AvgIpc) is 3.02. The van der Waals surface area contributed by atoms with Crippen LogP contribution in [0.25, 0.3) is 0 Å². The number of hydrogen-bond acceptors (Lipinski definition) is 3. The molecule has 2 rings (SSSR count). The maximum Gasteiger partial charge on any atom is 0.244 e. The van der Waals surface area contributed by atoms with Gasteiger partial charge in [0.15, 0.2) is 0 Å². The second-order valence-corrected chi connectivity index (χ2v) is 4.82. The summed E-state index contributed by atoms with van der Waals surface area (Å²) in [5.41, 5.74) is 7.39. The van der Waals surface area contributed by atoms with Crippen molar-refractivity contribution in [3.63, 3.8) is 0 Å². The Morgan fingerprint density at radius 1 is 1.28 bits per heavy atom. The molecule has 1 aromatic rings. The van der Waals surface area contributed by atoms with Gasteiger partial charge in [-0.1, -0.05) is 6.07 Å². The summed E-state index contributed by atoms with van der Waals surface area (Å²) in [4.78, 5) is 22.8. The van der Waals surface area contributed by atoms with E-state index in [1.165, 1.54) is 6.92 Å². The quantitative estimate of drug-likeness (QED) is 0.754. The summed E-state index contributed by atoms with van der Waals surface area (Å²) in [7, 11) is 0. The Labute approximate surface area is 106 Å². The number of nitrogens with one attached hydrogen (secondary N) is 2. The van der Waals surface area contributed by atoms with Crippen molar-refractivity contribution < 1.29 is 9.59 Å². The van der Waals surface area contributed by atoms with Crippen molar-refractivity contribution in [3.05, 3.63) is 23.8 Å². The highest BCUT2D eigenvalue weighted by Gasteiger charge is 2.45. The SMILES string of the molecule is CC(=O)Nc1cc(NC(=O)C2(N)CC2)ccc1C. The molecule has 0 bridgehead atoms. The molecular formula is C13H17N3O2. The van der Waals surface area contributed by atoms with E-state index in [0.29, 0.717) is 11.4 Å². The Morgan fingerprint density at radius 3 is 2.50 bits per heavy atom. The number of carbonyl (C=O) groups excluding carboxylic acids is 2. The summed E-state index contributed by atoms with van der Waals surface area (Å²) in [6.07, 6.45) is 1.45. The van der Waals surface area contributed by atoms with E-state index in [2.05, 4.69) is 10.6 Å². The van der Waals surface area contributed by atoms with Crippen LogP contribution < -0.4 is 16.4 Å². The summed E-state index contributed by atoms with van der Waals surface area (Å²) in [5, 5.41) is 5.49. The minimum Gasteiger partial charge on any atom is -0.326 e. The Bertz CT molecular complexity index is 507. The third kappa shape index (κ3) is 2.68. The van der Waals surface area contributed by atoms with Gasteiger partial charge in [-0.15, -0.1) is 0 Å². The van der Waals surface area contributed by atoms with E-state index in [9.17, 15) is 9.59 Å². The first-order chi connectivity index (χ1) is 8.40. The molecule has 1 saturated carbocycles. The van der Waals surface area contributed by atoms with E-state index in [1.807, 2.05) is 13.0 Å². The van der Waals surface area contributed by atoms with Gasteiger partial charge in [-0.25, -0.2) is 0 Å². The largest absolute Gasteiger partial charge is 0.326 e. The molecule has 0 heterocycles. The summed E-state index contributed by atoms with van der Waals surface area (Å²) >= 11 is 0. The van der Waals surface area contributed by atoms with Gasteiger partial charge in [-0.05, 0) is 37.5 Å². The predicted molar refractivity (Wildman–Crippen MR) is 70.3 cm³/mol. The highest BCUT2D eigenvalue weighted by atomic mass is 16.2. The van der Waals surface area contributed by atoms with Gasteiger partial charge < -0.3 is 16.4 Å². The van der Waals surface area contributed by atoms with Gasteiger partial charge in [0.2, 0.25) is 11.8 Å². The lowest BCUT2D eigenvalue weighted by Crippen LogP contribution is -2.37. The predicted octanol–water partition coefficient (Wildman–Crippen LogP) is 1.38. The third-order valence-electron chi connectivity index (χ3n) is 3.05. The Morgan fingerprint density at radius 2 is 1.94 bits per heavy atom. The van der Waals surface area contributed by atoms with Crippen molar-refractivity contribution in [2.24, 2.45) is 5.73 Å². The molecule has 0 aliphatic heterocycles. The molecule has 1 aliphatic rings. The summed E-state index contributed by atoms with van der Waals surface area (Å²) < 4.78 is 0. The van der Waals surface area contributed by atoms with Crippen LogP contribution in [-0.4, -0.2) is 17.4 Å². The number of aryl methyl sites for hydroxylation is 1. The fourth-order valence-electron chi connectivity index (χ4n) is 1.64. The number of benzene rings is 1. The molecule has 5 nitrogen and oxygen atoms in total. The molecule has 96 valence electrons. The van der Waals surface area contributed by atoms with Crippen LogP contribution in [0.15, 0.2) is 18.2 Å². The van der Waals surface area contributed by atoms with E-state index < -0.39 is 5.54 Å².